The van der Waals surface area contributed by atoms with Gasteiger partial charge in [0.05, 0.1) is 0 Å². The molecule has 2 aromatic heterocycles. The van der Waals surface area contributed by atoms with Crippen LogP contribution in [0.25, 0.3) is 0 Å². The summed E-state index contributed by atoms with van der Waals surface area (Å²) in [5, 5.41) is 0. The van der Waals surface area contributed by atoms with Gasteiger partial charge in [-0.25, -0.2) is 4.57 Å². The Labute approximate surface area is 170 Å². The van der Waals surface area contributed by atoms with Gasteiger partial charge in [0.1, 0.15) is 6.54 Å². The Balaban J connectivity index is 0.00000338. The van der Waals surface area contributed by atoms with Gasteiger partial charge in [-0.3, -0.25) is 4.98 Å². The molecule has 2 nitrogen and oxygen atoms in total. The maximum Gasteiger partial charge on any atom is 0.169 e. The number of unbranched alkanes of at least 4 members (excludes halogenated alkanes) is 9. The standard InChI is InChI=1S/C23H35N2.BrH/c1-22-15-19-25(20-16-22)18-11-9-7-5-3-2-4-6-8-10-13-23-14-12-17-24-21-23;/h12,14-17,19-21H,2-11,13,18H2,1H3;1H/q+1;/p-1. The maximum atomic E-state index is 4.17. The first-order chi connectivity index (χ1) is 12.3. The zero-order valence-electron chi connectivity index (χ0n) is 16.4. The quantitative estimate of drug-likeness (QED) is 0.361. The Morgan fingerprint density at radius 2 is 1.35 bits per heavy atom. The number of hydrogen-bond donors (Lipinski definition) is 0. The largest absolute Gasteiger partial charge is 1.00 e. The molecule has 0 spiro atoms. The highest BCUT2D eigenvalue weighted by atomic mass is 79.9. The summed E-state index contributed by atoms with van der Waals surface area (Å²) >= 11 is 0. The fourth-order valence-corrected chi connectivity index (χ4v) is 3.26. The molecule has 0 aromatic carbocycles. The van der Waals surface area contributed by atoms with Crippen molar-refractivity contribution in [1.82, 2.24) is 4.98 Å². The second-order valence-corrected chi connectivity index (χ2v) is 7.26. The van der Waals surface area contributed by atoms with E-state index >= 15 is 0 Å². The van der Waals surface area contributed by atoms with Crippen LogP contribution >= 0.6 is 0 Å². The minimum Gasteiger partial charge on any atom is -1.00 e. The van der Waals surface area contributed by atoms with Crippen molar-refractivity contribution < 1.29 is 21.5 Å². The average Bonchev–Trinajstić information content (AvgIpc) is 2.65. The van der Waals surface area contributed by atoms with E-state index in [1.807, 2.05) is 18.5 Å². The van der Waals surface area contributed by atoms with Gasteiger partial charge in [0, 0.05) is 30.9 Å². The molecule has 0 aliphatic carbocycles. The first-order valence-corrected chi connectivity index (χ1v) is 10.2. The fourth-order valence-electron chi connectivity index (χ4n) is 3.26. The van der Waals surface area contributed by atoms with Crippen LogP contribution in [-0.4, -0.2) is 4.98 Å². The maximum absolute atomic E-state index is 4.17. The molecular formula is C23H35BrN2. The Hall–Kier alpha value is -1.22. The number of pyridine rings is 2. The molecule has 144 valence electrons. The van der Waals surface area contributed by atoms with Gasteiger partial charge in [-0.1, -0.05) is 51.0 Å². The highest BCUT2D eigenvalue weighted by Gasteiger charge is 1.99. The van der Waals surface area contributed by atoms with Crippen molar-refractivity contribution in [2.75, 3.05) is 0 Å². The lowest BCUT2D eigenvalue weighted by atomic mass is 10.0. The smallest absolute Gasteiger partial charge is 0.169 e. The molecule has 0 unspecified atom stereocenters. The van der Waals surface area contributed by atoms with Crippen LogP contribution in [0.3, 0.4) is 0 Å². The topological polar surface area (TPSA) is 16.8 Å². The highest BCUT2D eigenvalue weighted by molar-refractivity contribution is 5.08. The molecule has 2 aromatic rings. The van der Waals surface area contributed by atoms with Crippen molar-refractivity contribution in [1.29, 1.82) is 0 Å². The Morgan fingerprint density at radius 3 is 1.92 bits per heavy atom. The zero-order valence-corrected chi connectivity index (χ0v) is 18.0. The van der Waals surface area contributed by atoms with E-state index in [0.717, 1.165) is 6.54 Å². The van der Waals surface area contributed by atoms with Crippen LogP contribution in [-0.2, 0) is 13.0 Å². The van der Waals surface area contributed by atoms with Crippen LogP contribution < -0.4 is 21.5 Å². The predicted molar refractivity (Wildman–Crippen MR) is 105 cm³/mol. The summed E-state index contributed by atoms with van der Waals surface area (Å²) < 4.78 is 2.30. The number of aryl methyl sites for hydroxylation is 3. The lowest BCUT2D eigenvalue weighted by Crippen LogP contribution is -3.00. The average molecular weight is 419 g/mol. The minimum absolute atomic E-state index is 0. The van der Waals surface area contributed by atoms with Crippen LogP contribution in [0, 0.1) is 6.92 Å². The van der Waals surface area contributed by atoms with E-state index < -0.39 is 0 Å². The van der Waals surface area contributed by atoms with Crippen LogP contribution in [0.2, 0.25) is 0 Å². The summed E-state index contributed by atoms with van der Waals surface area (Å²) in [6.45, 7) is 3.31. The van der Waals surface area contributed by atoms with E-state index in [1.54, 1.807) is 0 Å². The zero-order chi connectivity index (χ0) is 17.6. The summed E-state index contributed by atoms with van der Waals surface area (Å²) in [5.41, 5.74) is 2.72. The molecule has 3 heteroatoms. The second-order valence-electron chi connectivity index (χ2n) is 7.26. The van der Waals surface area contributed by atoms with E-state index in [9.17, 15) is 0 Å². The van der Waals surface area contributed by atoms with Crippen molar-refractivity contribution in [2.24, 2.45) is 0 Å². The summed E-state index contributed by atoms with van der Waals surface area (Å²) in [5.74, 6) is 0. The predicted octanol–water partition coefficient (Wildman–Crippen LogP) is 2.83. The molecule has 2 rings (SSSR count). The number of hydrogen-bond acceptors (Lipinski definition) is 1. The number of rotatable bonds is 13. The van der Waals surface area contributed by atoms with Gasteiger partial charge in [-0.05, 0) is 43.4 Å². The lowest BCUT2D eigenvalue weighted by Gasteiger charge is -2.03. The summed E-state index contributed by atoms with van der Waals surface area (Å²) in [7, 11) is 0. The summed E-state index contributed by atoms with van der Waals surface area (Å²) in [6, 6.07) is 8.60. The third kappa shape index (κ3) is 10.7. The van der Waals surface area contributed by atoms with Crippen molar-refractivity contribution >= 4 is 0 Å². The van der Waals surface area contributed by atoms with Crippen LogP contribution in [0.4, 0.5) is 0 Å². The molecule has 2 heterocycles. The van der Waals surface area contributed by atoms with Gasteiger partial charge < -0.3 is 17.0 Å². The first-order valence-electron chi connectivity index (χ1n) is 10.2. The number of halogens is 1. The minimum atomic E-state index is 0. The molecule has 0 bridgehead atoms. The van der Waals surface area contributed by atoms with E-state index in [4.69, 9.17) is 0 Å². The third-order valence-electron chi connectivity index (χ3n) is 4.91. The van der Waals surface area contributed by atoms with Crippen LogP contribution in [0.5, 0.6) is 0 Å². The third-order valence-corrected chi connectivity index (χ3v) is 4.91. The lowest BCUT2D eigenvalue weighted by molar-refractivity contribution is -0.697. The SMILES string of the molecule is Cc1cc[n+](CCCCCCCCCCCCc2cccnc2)cc1.[Br-]. The van der Waals surface area contributed by atoms with Gasteiger partial charge in [-0.15, -0.1) is 0 Å². The van der Waals surface area contributed by atoms with Gasteiger partial charge in [0.2, 0.25) is 0 Å². The van der Waals surface area contributed by atoms with E-state index in [2.05, 4.69) is 47.1 Å². The Bertz CT molecular complexity index is 554. The number of aromatic nitrogens is 2. The molecule has 0 fully saturated rings. The highest BCUT2D eigenvalue weighted by Crippen LogP contribution is 2.12. The van der Waals surface area contributed by atoms with Crippen molar-refractivity contribution in [3.8, 4) is 0 Å². The van der Waals surface area contributed by atoms with Gasteiger partial charge in [0.15, 0.2) is 12.4 Å². The molecule has 0 atom stereocenters. The Morgan fingerprint density at radius 1 is 0.769 bits per heavy atom. The number of nitrogens with zero attached hydrogens (tertiary/aromatic N) is 2. The van der Waals surface area contributed by atoms with Gasteiger partial charge >= 0.3 is 0 Å². The molecule has 0 aliphatic heterocycles. The second kappa shape index (κ2) is 14.9. The molecule has 0 saturated heterocycles. The molecule has 0 aliphatic rings. The van der Waals surface area contributed by atoms with Crippen molar-refractivity contribution in [3.63, 3.8) is 0 Å². The molecular weight excluding hydrogens is 384 g/mol. The van der Waals surface area contributed by atoms with E-state index in [-0.39, 0.29) is 17.0 Å². The molecule has 0 saturated carbocycles. The molecule has 0 amide bonds. The molecule has 0 radical (unpaired) electrons. The fraction of sp³-hybridized carbons (Fsp3) is 0.565. The van der Waals surface area contributed by atoms with E-state index in [0.29, 0.717) is 0 Å². The van der Waals surface area contributed by atoms with Gasteiger partial charge in [0.25, 0.3) is 0 Å². The molecule has 0 N–H and O–H groups in total. The normalized spacial score (nSPS) is 10.5. The summed E-state index contributed by atoms with van der Waals surface area (Å²) in [4.78, 5) is 4.17. The van der Waals surface area contributed by atoms with E-state index in [1.165, 1.54) is 81.8 Å². The monoisotopic (exact) mass is 418 g/mol. The van der Waals surface area contributed by atoms with Crippen LogP contribution in [0.1, 0.15) is 75.3 Å². The summed E-state index contributed by atoms with van der Waals surface area (Å²) in [6.07, 6.45) is 23.2. The van der Waals surface area contributed by atoms with Crippen molar-refractivity contribution in [2.45, 2.75) is 84.1 Å². The van der Waals surface area contributed by atoms with Crippen molar-refractivity contribution in [3.05, 3.63) is 60.2 Å². The Kier molecular flexibility index (Phi) is 13.1. The van der Waals surface area contributed by atoms with Gasteiger partial charge in [-0.2, -0.15) is 0 Å². The molecule has 26 heavy (non-hydrogen) atoms. The van der Waals surface area contributed by atoms with Crippen LogP contribution in [0.15, 0.2) is 49.1 Å². The first kappa shape index (κ1) is 22.8.